The normalized spacial score (nSPS) is 10.2. The molecule has 0 saturated carbocycles. The summed E-state index contributed by atoms with van der Waals surface area (Å²) in [7, 11) is 0. The van der Waals surface area contributed by atoms with Gasteiger partial charge in [-0.1, -0.05) is 11.6 Å². The van der Waals surface area contributed by atoms with Crippen LogP contribution in [0.15, 0.2) is 42.6 Å². The molecule has 0 saturated heterocycles. The van der Waals surface area contributed by atoms with Gasteiger partial charge in [0.1, 0.15) is 5.69 Å². The number of hydrogen-bond donors (Lipinski definition) is 1. The zero-order chi connectivity index (χ0) is 19.8. The van der Waals surface area contributed by atoms with Crippen molar-refractivity contribution in [2.45, 2.75) is 13.8 Å². The van der Waals surface area contributed by atoms with Gasteiger partial charge in [0.2, 0.25) is 0 Å². The second-order valence-electron chi connectivity index (χ2n) is 5.54. The van der Waals surface area contributed by atoms with Gasteiger partial charge in [0.05, 0.1) is 0 Å². The topological polar surface area (TPSA) is 88.6 Å². The van der Waals surface area contributed by atoms with Crippen LogP contribution in [-0.2, 0) is 9.53 Å². The fraction of sp³-hybridized carbons (Fsp3) is 0.263. The summed E-state index contributed by atoms with van der Waals surface area (Å²) < 4.78 is 4.91. The average molecular weight is 390 g/mol. The molecule has 0 aliphatic rings. The van der Waals surface area contributed by atoms with Gasteiger partial charge < -0.3 is 15.0 Å². The second kappa shape index (κ2) is 9.68. The number of esters is 1. The molecule has 2 amide bonds. The molecule has 1 N–H and O–H groups in total. The van der Waals surface area contributed by atoms with Crippen LogP contribution in [0.5, 0.6) is 0 Å². The first kappa shape index (κ1) is 20.4. The van der Waals surface area contributed by atoms with E-state index in [9.17, 15) is 14.4 Å². The molecule has 0 atom stereocenters. The van der Waals surface area contributed by atoms with Crippen LogP contribution in [0, 0.1) is 0 Å². The molecule has 7 nitrogen and oxygen atoms in total. The molecule has 0 fully saturated rings. The van der Waals surface area contributed by atoms with Gasteiger partial charge in [0, 0.05) is 35.6 Å². The molecule has 1 aromatic carbocycles. The van der Waals surface area contributed by atoms with E-state index < -0.39 is 18.5 Å². The minimum Gasteiger partial charge on any atom is -0.451 e. The van der Waals surface area contributed by atoms with Crippen molar-refractivity contribution >= 4 is 35.1 Å². The van der Waals surface area contributed by atoms with Gasteiger partial charge in [-0.15, -0.1) is 0 Å². The summed E-state index contributed by atoms with van der Waals surface area (Å²) in [5, 5.41) is 2.94. The Morgan fingerprint density at radius 3 is 2.37 bits per heavy atom. The van der Waals surface area contributed by atoms with E-state index in [4.69, 9.17) is 16.3 Å². The number of carbonyl (C=O) groups excluding carboxylic acids is 3. The Balaban J connectivity index is 1.88. The molecule has 0 aliphatic carbocycles. The maximum Gasteiger partial charge on any atom is 0.357 e. The number of halogens is 1. The van der Waals surface area contributed by atoms with Crippen molar-refractivity contribution in [2.75, 3.05) is 25.0 Å². The van der Waals surface area contributed by atoms with E-state index in [1.807, 2.05) is 13.8 Å². The lowest BCUT2D eigenvalue weighted by Crippen LogP contribution is -2.30. The van der Waals surface area contributed by atoms with E-state index in [2.05, 4.69) is 10.3 Å². The SMILES string of the molecule is CCN(CC)C(=O)c1ccc(NC(=O)COC(=O)c2cc(Cl)ccn2)cc1. The van der Waals surface area contributed by atoms with E-state index in [1.54, 1.807) is 29.2 Å². The number of hydrogen-bond acceptors (Lipinski definition) is 5. The fourth-order valence-corrected chi connectivity index (χ4v) is 2.47. The van der Waals surface area contributed by atoms with Gasteiger partial charge in [0.25, 0.3) is 11.8 Å². The number of nitrogens with zero attached hydrogens (tertiary/aromatic N) is 2. The Morgan fingerprint density at radius 1 is 1.11 bits per heavy atom. The molecule has 2 aromatic rings. The highest BCUT2D eigenvalue weighted by Crippen LogP contribution is 2.12. The van der Waals surface area contributed by atoms with Crippen LogP contribution in [0.4, 0.5) is 5.69 Å². The van der Waals surface area contributed by atoms with Gasteiger partial charge in [-0.2, -0.15) is 0 Å². The van der Waals surface area contributed by atoms with Crippen molar-refractivity contribution in [3.05, 3.63) is 58.9 Å². The van der Waals surface area contributed by atoms with Crippen LogP contribution >= 0.6 is 11.6 Å². The Labute approximate surface area is 162 Å². The van der Waals surface area contributed by atoms with Crippen LogP contribution < -0.4 is 5.32 Å². The summed E-state index contributed by atoms with van der Waals surface area (Å²) in [6, 6.07) is 9.40. The summed E-state index contributed by atoms with van der Waals surface area (Å²) in [6.07, 6.45) is 1.38. The summed E-state index contributed by atoms with van der Waals surface area (Å²) >= 11 is 5.78. The highest BCUT2D eigenvalue weighted by molar-refractivity contribution is 6.30. The van der Waals surface area contributed by atoms with Gasteiger partial charge in [0.15, 0.2) is 6.61 Å². The Kier molecular flexibility index (Phi) is 7.31. The summed E-state index contributed by atoms with van der Waals surface area (Å²) in [4.78, 5) is 41.5. The molecule has 142 valence electrons. The zero-order valence-corrected chi connectivity index (χ0v) is 15.8. The summed E-state index contributed by atoms with van der Waals surface area (Å²) in [6.45, 7) is 4.61. The molecule has 2 rings (SSSR count). The molecule has 0 radical (unpaired) electrons. The number of rotatable bonds is 7. The fourth-order valence-electron chi connectivity index (χ4n) is 2.31. The smallest absolute Gasteiger partial charge is 0.357 e. The molecular weight excluding hydrogens is 370 g/mol. The number of amides is 2. The maximum atomic E-state index is 12.2. The van der Waals surface area contributed by atoms with Crippen molar-refractivity contribution in [1.82, 2.24) is 9.88 Å². The maximum absolute atomic E-state index is 12.2. The lowest BCUT2D eigenvalue weighted by molar-refractivity contribution is -0.119. The molecule has 1 aromatic heterocycles. The molecule has 0 bridgehead atoms. The molecule has 0 aliphatic heterocycles. The predicted molar refractivity (Wildman–Crippen MR) is 102 cm³/mol. The highest BCUT2D eigenvalue weighted by Gasteiger charge is 2.14. The predicted octanol–water partition coefficient (Wildman–Crippen LogP) is 3.01. The van der Waals surface area contributed by atoms with E-state index in [1.165, 1.54) is 18.3 Å². The number of pyridine rings is 1. The van der Waals surface area contributed by atoms with Crippen LogP contribution in [0.2, 0.25) is 5.02 Å². The largest absolute Gasteiger partial charge is 0.451 e. The van der Waals surface area contributed by atoms with Gasteiger partial charge in [-0.05, 0) is 50.2 Å². The van der Waals surface area contributed by atoms with E-state index >= 15 is 0 Å². The highest BCUT2D eigenvalue weighted by atomic mass is 35.5. The molecule has 0 spiro atoms. The van der Waals surface area contributed by atoms with Crippen LogP contribution in [0.3, 0.4) is 0 Å². The molecule has 27 heavy (non-hydrogen) atoms. The first-order chi connectivity index (χ1) is 12.9. The molecule has 8 heteroatoms. The number of benzene rings is 1. The number of anilines is 1. The van der Waals surface area contributed by atoms with Crippen molar-refractivity contribution in [2.24, 2.45) is 0 Å². The second-order valence-corrected chi connectivity index (χ2v) is 5.97. The minimum atomic E-state index is -0.743. The monoisotopic (exact) mass is 389 g/mol. The zero-order valence-electron chi connectivity index (χ0n) is 15.1. The van der Waals surface area contributed by atoms with E-state index in [0.717, 1.165) is 0 Å². The number of carbonyl (C=O) groups is 3. The lowest BCUT2D eigenvalue weighted by atomic mass is 10.2. The Bertz CT molecular complexity index is 820. The van der Waals surface area contributed by atoms with Crippen molar-refractivity contribution < 1.29 is 19.1 Å². The van der Waals surface area contributed by atoms with Crippen molar-refractivity contribution in [3.8, 4) is 0 Å². The van der Waals surface area contributed by atoms with E-state index in [0.29, 0.717) is 29.4 Å². The quantitative estimate of drug-likeness (QED) is 0.735. The van der Waals surface area contributed by atoms with Crippen LogP contribution in [0.25, 0.3) is 0 Å². The molecule has 0 unspecified atom stereocenters. The Hall–Kier alpha value is -2.93. The first-order valence-electron chi connectivity index (χ1n) is 8.42. The summed E-state index contributed by atoms with van der Waals surface area (Å²) in [5.74, 6) is -1.32. The minimum absolute atomic E-state index is 0.0227. The van der Waals surface area contributed by atoms with Crippen LogP contribution in [-0.4, -0.2) is 47.4 Å². The van der Waals surface area contributed by atoms with Crippen molar-refractivity contribution in [1.29, 1.82) is 0 Å². The molecule has 1 heterocycles. The lowest BCUT2D eigenvalue weighted by Gasteiger charge is -2.18. The first-order valence-corrected chi connectivity index (χ1v) is 8.80. The number of aromatic nitrogens is 1. The average Bonchev–Trinajstić information content (AvgIpc) is 2.67. The Morgan fingerprint density at radius 2 is 1.78 bits per heavy atom. The van der Waals surface area contributed by atoms with Gasteiger partial charge in [-0.25, -0.2) is 9.78 Å². The third-order valence-electron chi connectivity index (χ3n) is 3.73. The van der Waals surface area contributed by atoms with E-state index in [-0.39, 0.29) is 11.6 Å². The third-order valence-corrected chi connectivity index (χ3v) is 3.97. The van der Waals surface area contributed by atoms with Gasteiger partial charge >= 0.3 is 5.97 Å². The molecular formula is C19H20ClN3O4. The number of ether oxygens (including phenoxy) is 1. The third kappa shape index (κ3) is 5.79. The summed E-state index contributed by atoms with van der Waals surface area (Å²) in [5.41, 5.74) is 1.05. The van der Waals surface area contributed by atoms with Gasteiger partial charge in [-0.3, -0.25) is 9.59 Å². The standard InChI is InChI=1S/C19H20ClN3O4/c1-3-23(4-2)18(25)13-5-7-15(8-6-13)22-17(24)12-27-19(26)16-11-14(20)9-10-21-16/h5-11H,3-4,12H2,1-2H3,(H,22,24). The van der Waals surface area contributed by atoms with Crippen molar-refractivity contribution in [3.63, 3.8) is 0 Å². The van der Waals surface area contributed by atoms with Crippen LogP contribution in [0.1, 0.15) is 34.7 Å². The number of nitrogens with one attached hydrogen (secondary N) is 1.